The van der Waals surface area contributed by atoms with E-state index in [4.69, 9.17) is 4.74 Å². The molecule has 4 aromatic rings. The number of amides is 1. The van der Waals surface area contributed by atoms with Gasteiger partial charge in [-0.3, -0.25) is 4.98 Å². The highest BCUT2D eigenvalue weighted by Gasteiger charge is 2.28. The van der Waals surface area contributed by atoms with Crippen molar-refractivity contribution in [1.29, 1.82) is 0 Å². The van der Waals surface area contributed by atoms with Crippen LogP contribution in [-0.4, -0.2) is 50.3 Å². The van der Waals surface area contributed by atoms with Gasteiger partial charge in [-0.25, -0.2) is 27.9 Å². The Kier molecular flexibility index (Phi) is 8.18. The first-order chi connectivity index (χ1) is 20.3. The maximum absolute atomic E-state index is 15.8. The third-order valence-corrected chi connectivity index (χ3v) is 7.37. The summed E-state index contributed by atoms with van der Waals surface area (Å²) in [5.41, 5.74) is 0.664. The van der Waals surface area contributed by atoms with E-state index in [9.17, 15) is 14.0 Å². The highest BCUT2D eigenvalue weighted by Crippen LogP contribution is 2.33. The van der Waals surface area contributed by atoms with Crippen LogP contribution in [0, 0.1) is 18.6 Å². The lowest BCUT2D eigenvalue weighted by molar-refractivity contribution is 0.0497. The number of pyridine rings is 2. The molecular formula is C32H36F2N6O3. The highest BCUT2D eigenvalue weighted by molar-refractivity contribution is 5.90. The van der Waals surface area contributed by atoms with Crippen LogP contribution < -0.4 is 15.9 Å². The van der Waals surface area contributed by atoms with Crippen LogP contribution in [0.5, 0.6) is 0 Å². The second kappa shape index (κ2) is 11.7. The van der Waals surface area contributed by atoms with Crippen LogP contribution in [0.25, 0.3) is 28.0 Å². The van der Waals surface area contributed by atoms with E-state index in [1.54, 1.807) is 39.1 Å². The molecule has 1 aromatic carbocycles. The Balaban J connectivity index is 1.63. The summed E-state index contributed by atoms with van der Waals surface area (Å²) in [5.74, 6) is -1.12. The lowest BCUT2D eigenvalue weighted by atomic mass is 10.0. The number of fused-ring (bicyclic) bond motifs is 1. The number of ether oxygens (including phenoxy) is 1. The molecule has 4 heterocycles. The quantitative estimate of drug-likeness (QED) is 0.302. The van der Waals surface area contributed by atoms with Crippen LogP contribution in [0.1, 0.15) is 64.6 Å². The molecule has 1 aliphatic heterocycles. The maximum atomic E-state index is 15.8. The number of aryl methyl sites for hydroxylation is 1. The fraction of sp³-hybridized carbons (Fsp3) is 0.406. The largest absolute Gasteiger partial charge is 0.444 e. The van der Waals surface area contributed by atoms with Gasteiger partial charge >= 0.3 is 11.8 Å². The number of hydrogen-bond donors (Lipinski definition) is 1. The van der Waals surface area contributed by atoms with Gasteiger partial charge in [-0.2, -0.15) is 4.98 Å². The van der Waals surface area contributed by atoms with Crippen LogP contribution in [0.3, 0.4) is 0 Å². The molecule has 0 unspecified atom stereocenters. The molecule has 3 aromatic heterocycles. The molecule has 0 radical (unpaired) electrons. The summed E-state index contributed by atoms with van der Waals surface area (Å²) in [6.07, 6.45) is 2.31. The molecule has 0 spiro atoms. The van der Waals surface area contributed by atoms with Gasteiger partial charge in [-0.1, -0.05) is 26.0 Å². The van der Waals surface area contributed by atoms with Gasteiger partial charge in [0.2, 0.25) is 0 Å². The SMILES string of the molecule is Cc1ccnc(C(C)C)c1-n1c(=O)nc(N2CCC(NC(=O)OC(C)(C)C)CC2)c2cc(F)c(-c3ccccc3F)nc21. The first kappa shape index (κ1) is 30.1. The minimum absolute atomic E-state index is 0.0136. The Morgan fingerprint density at radius 3 is 2.42 bits per heavy atom. The molecule has 1 fully saturated rings. The lowest BCUT2D eigenvalue weighted by Crippen LogP contribution is -2.46. The topological polar surface area (TPSA) is 102 Å². The maximum Gasteiger partial charge on any atom is 0.407 e. The first-order valence-electron chi connectivity index (χ1n) is 14.4. The number of halogens is 2. The minimum atomic E-state index is -0.737. The molecule has 0 bridgehead atoms. The summed E-state index contributed by atoms with van der Waals surface area (Å²) < 4.78 is 37.3. The molecule has 5 rings (SSSR count). The average Bonchev–Trinajstić information content (AvgIpc) is 2.93. The zero-order valence-electron chi connectivity index (χ0n) is 25.2. The molecule has 11 heteroatoms. The molecule has 1 aliphatic rings. The smallest absolute Gasteiger partial charge is 0.407 e. The molecule has 0 atom stereocenters. The second-order valence-electron chi connectivity index (χ2n) is 12.1. The van der Waals surface area contributed by atoms with Gasteiger partial charge in [0.25, 0.3) is 0 Å². The van der Waals surface area contributed by atoms with Crippen molar-refractivity contribution in [3.05, 3.63) is 76.0 Å². The fourth-order valence-corrected chi connectivity index (χ4v) is 5.39. The molecular weight excluding hydrogens is 554 g/mol. The monoisotopic (exact) mass is 590 g/mol. The minimum Gasteiger partial charge on any atom is -0.444 e. The van der Waals surface area contributed by atoms with Gasteiger partial charge in [0.15, 0.2) is 5.65 Å². The van der Waals surface area contributed by atoms with Crippen molar-refractivity contribution in [3.8, 4) is 16.9 Å². The molecule has 0 aliphatic carbocycles. The van der Waals surface area contributed by atoms with E-state index in [0.29, 0.717) is 42.7 Å². The zero-order valence-corrected chi connectivity index (χ0v) is 25.2. The molecule has 1 saturated heterocycles. The summed E-state index contributed by atoms with van der Waals surface area (Å²) in [5, 5.41) is 3.21. The zero-order chi connectivity index (χ0) is 31.1. The van der Waals surface area contributed by atoms with Gasteiger partial charge in [0.1, 0.15) is 28.7 Å². The third-order valence-electron chi connectivity index (χ3n) is 7.37. The number of carbonyl (C=O) groups excluding carboxylic acids is 1. The number of carbonyl (C=O) groups is 1. The van der Waals surface area contributed by atoms with Crippen LogP contribution >= 0.6 is 0 Å². The number of anilines is 1. The number of benzene rings is 1. The second-order valence-corrected chi connectivity index (χ2v) is 12.1. The predicted molar refractivity (Wildman–Crippen MR) is 162 cm³/mol. The van der Waals surface area contributed by atoms with Crippen LogP contribution in [0.4, 0.5) is 19.4 Å². The van der Waals surface area contributed by atoms with Crippen molar-refractivity contribution >= 4 is 22.9 Å². The number of nitrogens with zero attached hydrogens (tertiary/aromatic N) is 5. The molecule has 1 amide bonds. The lowest BCUT2D eigenvalue weighted by Gasteiger charge is -2.34. The predicted octanol–water partition coefficient (Wildman–Crippen LogP) is 6.05. The van der Waals surface area contributed by atoms with Gasteiger partial charge in [-0.05, 0) is 76.3 Å². The molecule has 0 saturated carbocycles. The van der Waals surface area contributed by atoms with Crippen LogP contribution in [0.2, 0.25) is 0 Å². The van der Waals surface area contributed by atoms with E-state index in [1.807, 2.05) is 25.7 Å². The fourth-order valence-electron chi connectivity index (χ4n) is 5.39. The van der Waals surface area contributed by atoms with Crippen molar-refractivity contribution < 1.29 is 18.3 Å². The van der Waals surface area contributed by atoms with E-state index in [1.165, 1.54) is 28.8 Å². The number of alkyl carbamates (subject to hydrolysis) is 1. The standard InChI is InChI=1S/C32H36F2N6O3/c1-18(2)25-27(19(3)11-14-35-25)40-29-22(17-24(34)26(37-29)21-9-7-8-10-23(21)33)28(38-30(40)41)39-15-12-20(13-16-39)36-31(42)43-32(4,5)6/h7-11,14,17-18,20H,12-13,15-16H2,1-6H3,(H,36,42). The summed E-state index contributed by atoms with van der Waals surface area (Å²) in [6, 6.07) is 8.74. The Bertz CT molecular complexity index is 1740. The normalized spacial score (nSPS) is 14.4. The van der Waals surface area contributed by atoms with Crippen molar-refractivity contribution in [2.75, 3.05) is 18.0 Å². The number of nitrogens with one attached hydrogen (secondary N) is 1. The summed E-state index contributed by atoms with van der Waals surface area (Å²) in [4.78, 5) is 41.7. The third kappa shape index (κ3) is 6.21. The van der Waals surface area contributed by atoms with E-state index >= 15 is 4.39 Å². The summed E-state index contributed by atoms with van der Waals surface area (Å²) in [7, 11) is 0. The van der Waals surface area contributed by atoms with Gasteiger partial charge < -0.3 is 15.0 Å². The summed E-state index contributed by atoms with van der Waals surface area (Å²) >= 11 is 0. The van der Waals surface area contributed by atoms with E-state index < -0.39 is 29.0 Å². The molecule has 1 N–H and O–H groups in total. The number of piperidine rings is 1. The van der Waals surface area contributed by atoms with Crippen LogP contribution in [-0.2, 0) is 4.74 Å². The Morgan fingerprint density at radius 1 is 1.07 bits per heavy atom. The first-order valence-corrected chi connectivity index (χ1v) is 14.4. The number of rotatable bonds is 5. The summed E-state index contributed by atoms with van der Waals surface area (Å²) in [6.45, 7) is 12.1. The number of aromatic nitrogens is 4. The van der Waals surface area contributed by atoms with Gasteiger partial charge in [0.05, 0.1) is 16.8 Å². The molecule has 9 nitrogen and oxygen atoms in total. The average molecular weight is 591 g/mol. The number of hydrogen-bond acceptors (Lipinski definition) is 7. The van der Waals surface area contributed by atoms with Gasteiger partial charge in [0, 0.05) is 30.9 Å². The van der Waals surface area contributed by atoms with Crippen molar-refractivity contribution in [2.45, 2.75) is 71.9 Å². The Morgan fingerprint density at radius 2 is 1.77 bits per heavy atom. The van der Waals surface area contributed by atoms with Crippen molar-refractivity contribution in [1.82, 2.24) is 24.8 Å². The van der Waals surface area contributed by atoms with E-state index in [-0.39, 0.29) is 34.7 Å². The molecule has 226 valence electrons. The van der Waals surface area contributed by atoms with Crippen molar-refractivity contribution in [2.24, 2.45) is 0 Å². The molecule has 43 heavy (non-hydrogen) atoms. The van der Waals surface area contributed by atoms with E-state index in [2.05, 4.69) is 20.3 Å². The van der Waals surface area contributed by atoms with Gasteiger partial charge in [-0.15, -0.1) is 0 Å². The van der Waals surface area contributed by atoms with Crippen LogP contribution in [0.15, 0.2) is 47.4 Å². The van der Waals surface area contributed by atoms with Crippen molar-refractivity contribution in [3.63, 3.8) is 0 Å². The van der Waals surface area contributed by atoms with E-state index in [0.717, 1.165) is 5.56 Å². The Labute approximate surface area is 248 Å². The highest BCUT2D eigenvalue weighted by atomic mass is 19.1. The Hall–Kier alpha value is -4.41.